The molecular formula is C10H9N5O2S. The van der Waals surface area contributed by atoms with Crippen LogP contribution >= 0.6 is 0 Å². The zero-order valence-electron chi connectivity index (χ0n) is 9.26. The average Bonchev–Trinajstić information content (AvgIpc) is 2.75. The van der Waals surface area contributed by atoms with Gasteiger partial charge in [-0.05, 0) is 17.7 Å². The Labute approximate surface area is 103 Å². The number of hydrogen-bond acceptors (Lipinski definition) is 4. The van der Waals surface area contributed by atoms with Crippen molar-refractivity contribution in [1.29, 1.82) is 0 Å². The Morgan fingerprint density at radius 2 is 2.22 bits per heavy atom. The number of para-hydroxylation sites is 2. The lowest BCUT2D eigenvalue weighted by Crippen LogP contribution is -2.12. The van der Waals surface area contributed by atoms with E-state index < -0.39 is 10.0 Å². The van der Waals surface area contributed by atoms with Crippen LogP contribution in [-0.2, 0) is 16.6 Å². The van der Waals surface area contributed by atoms with Gasteiger partial charge in [-0.1, -0.05) is 23.8 Å². The van der Waals surface area contributed by atoms with Gasteiger partial charge in [0.15, 0.2) is 0 Å². The minimum Gasteiger partial charge on any atom is -0.232 e. The molecule has 0 aliphatic carbocycles. The average molecular weight is 263 g/mol. The normalized spacial score (nSPS) is 11.1. The molecule has 0 spiro atoms. The number of imidazole rings is 1. The van der Waals surface area contributed by atoms with E-state index in [2.05, 4.69) is 21.6 Å². The van der Waals surface area contributed by atoms with E-state index in [-0.39, 0.29) is 12.4 Å². The fourth-order valence-electron chi connectivity index (χ4n) is 1.61. The van der Waals surface area contributed by atoms with Crippen LogP contribution in [-0.4, -0.2) is 17.4 Å². The maximum atomic E-state index is 11.9. The molecule has 0 atom stereocenters. The molecule has 0 N–H and O–H groups in total. The molecule has 0 aliphatic rings. The molecule has 92 valence electrons. The lowest BCUT2D eigenvalue weighted by atomic mass is 10.3. The van der Waals surface area contributed by atoms with Gasteiger partial charge in [-0.25, -0.2) is 17.4 Å². The highest BCUT2D eigenvalue weighted by molar-refractivity contribution is 7.93. The summed E-state index contributed by atoms with van der Waals surface area (Å²) in [5, 5.41) is 4.18. The van der Waals surface area contributed by atoms with Crippen LogP contribution < -0.4 is 0 Å². The van der Waals surface area contributed by atoms with E-state index in [1.807, 2.05) is 0 Å². The van der Waals surface area contributed by atoms with Gasteiger partial charge in [-0.3, -0.25) is 0 Å². The number of nitrogens with zero attached hydrogens (tertiary/aromatic N) is 5. The fourth-order valence-corrected chi connectivity index (χ4v) is 2.58. The Hall–Kier alpha value is -2.31. The Morgan fingerprint density at radius 3 is 2.89 bits per heavy atom. The van der Waals surface area contributed by atoms with Gasteiger partial charge < -0.3 is 0 Å². The molecule has 1 aromatic heterocycles. The van der Waals surface area contributed by atoms with Crippen molar-refractivity contribution in [2.24, 2.45) is 5.11 Å². The van der Waals surface area contributed by atoms with E-state index in [9.17, 15) is 8.42 Å². The van der Waals surface area contributed by atoms with E-state index in [1.54, 1.807) is 24.3 Å². The molecule has 8 heteroatoms. The van der Waals surface area contributed by atoms with Crippen molar-refractivity contribution in [1.82, 2.24) is 8.96 Å². The molecule has 1 aromatic carbocycles. The number of hydrogen-bond donors (Lipinski definition) is 0. The van der Waals surface area contributed by atoms with Gasteiger partial charge in [0.1, 0.15) is 5.82 Å². The number of azide groups is 1. The van der Waals surface area contributed by atoms with Crippen LogP contribution in [0.2, 0.25) is 0 Å². The largest absolute Gasteiger partial charge is 0.262 e. The molecule has 0 saturated heterocycles. The third-order valence-electron chi connectivity index (χ3n) is 2.32. The third kappa shape index (κ3) is 1.94. The van der Waals surface area contributed by atoms with Gasteiger partial charge in [0.05, 0.1) is 17.6 Å². The van der Waals surface area contributed by atoms with E-state index in [0.29, 0.717) is 11.0 Å². The Balaban J connectivity index is 2.81. The number of rotatable bonds is 4. The Morgan fingerprint density at radius 1 is 1.50 bits per heavy atom. The van der Waals surface area contributed by atoms with Gasteiger partial charge in [0, 0.05) is 10.3 Å². The molecular weight excluding hydrogens is 254 g/mol. The molecule has 0 saturated carbocycles. The topological polar surface area (TPSA) is 101 Å². The minimum absolute atomic E-state index is 0.141. The second-order valence-electron chi connectivity index (χ2n) is 3.38. The van der Waals surface area contributed by atoms with Gasteiger partial charge in [-0.2, -0.15) is 0 Å². The zero-order chi connectivity index (χ0) is 13.2. The van der Waals surface area contributed by atoms with Crippen molar-refractivity contribution in [2.45, 2.75) is 6.54 Å². The summed E-state index contributed by atoms with van der Waals surface area (Å²) in [5.41, 5.74) is 9.26. The molecule has 0 fully saturated rings. The molecule has 2 aromatic rings. The van der Waals surface area contributed by atoms with Crippen LogP contribution in [0.1, 0.15) is 5.82 Å². The van der Waals surface area contributed by atoms with Crippen molar-refractivity contribution >= 4 is 21.1 Å². The highest BCUT2D eigenvalue weighted by Gasteiger charge is 2.18. The van der Waals surface area contributed by atoms with Crippen molar-refractivity contribution in [3.8, 4) is 0 Å². The van der Waals surface area contributed by atoms with Gasteiger partial charge in [0.25, 0.3) is 10.0 Å². The number of aromatic nitrogens is 2. The summed E-state index contributed by atoms with van der Waals surface area (Å²) in [5.74, 6) is 0.161. The molecule has 2 rings (SSSR count). The third-order valence-corrected chi connectivity index (χ3v) is 3.66. The van der Waals surface area contributed by atoms with Crippen molar-refractivity contribution < 1.29 is 8.42 Å². The summed E-state index contributed by atoms with van der Waals surface area (Å²) < 4.78 is 24.9. The van der Waals surface area contributed by atoms with Crippen LogP contribution in [0.25, 0.3) is 21.5 Å². The molecule has 18 heavy (non-hydrogen) atoms. The predicted octanol–water partition coefficient (Wildman–Crippen LogP) is 2.17. The fraction of sp³-hybridized carbons (Fsp3) is 0.100. The van der Waals surface area contributed by atoms with Crippen molar-refractivity contribution in [2.75, 3.05) is 0 Å². The highest BCUT2D eigenvalue weighted by Crippen LogP contribution is 2.19. The monoisotopic (exact) mass is 263 g/mol. The Bertz CT molecular complexity index is 756. The maximum Gasteiger partial charge on any atom is 0.262 e. The quantitative estimate of drug-likeness (QED) is 0.480. The van der Waals surface area contributed by atoms with E-state index in [1.165, 1.54) is 0 Å². The highest BCUT2D eigenvalue weighted by atomic mass is 32.2. The molecule has 7 nitrogen and oxygen atoms in total. The zero-order valence-corrected chi connectivity index (χ0v) is 10.1. The predicted molar refractivity (Wildman–Crippen MR) is 67.1 cm³/mol. The van der Waals surface area contributed by atoms with Crippen LogP contribution in [0.5, 0.6) is 0 Å². The smallest absolute Gasteiger partial charge is 0.232 e. The van der Waals surface area contributed by atoms with E-state index in [4.69, 9.17) is 5.53 Å². The molecule has 0 bridgehead atoms. The SMILES string of the molecule is C=CS(=O)(=O)n1c(CN=[N+]=[N-])nc2ccccc21. The maximum absolute atomic E-state index is 11.9. The summed E-state index contributed by atoms with van der Waals surface area (Å²) in [4.78, 5) is 6.74. The molecule has 0 aliphatic heterocycles. The molecule has 0 unspecified atom stereocenters. The van der Waals surface area contributed by atoms with Gasteiger partial charge >= 0.3 is 0 Å². The summed E-state index contributed by atoms with van der Waals surface area (Å²) >= 11 is 0. The number of benzene rings is 1. The van der Waals surface area contributed by atoms with Gasteiger partial charge in [0.2, 0.25) is 0 Å². The minimum atomic E-state index is -3.71. The second kappa shape index (κ2) is 4.52. The van der Waals surface area contributed by atoms with Crippen molar-refractivity contribution in [3.63, 3.8) is 0 Å². The van der Waals surface area contributed by atoms with Crippen molar-refractivity contribution in [3.05, 3.63) is 52.5 Å². The lowest BCUT2D eigenvalue weighted by molar-refractivity contribution is 0.595. The first-order valence-corrected chi connectivity index (χ1v) is 6.45. The van der Waals surface area contributed by atoms with Gasteiger partial charge in [-0.15, -0.1) is 0 Å². The summed E-state index contributed by atoms with van der Waals surface area (Å²) in [6.07, 6.45) is 0. The summed E-state index contributed by atoms with van der Waals surface area (Å²) in [6, 6.07) is 6.76. The molecule has 0 radical (unpaired) electrons. The summed E-state index contributed by atoms with van der Waals surface area (Å²) in [6.45, 7) is 3.14. The van der Waals surface area contributed by atoms with E-state index in [0.717, 1.165) is 9.38 Å². The first-order valence-electron chi connectivity index (χ1n) is 4.95. The number of fused-ring (bicyclic) bond motifs is 1. The standard InChI is InChI=1S/C10H9N5O2S/c1-2-18(16,17)15-9-6-4-3-5-8(9)13-10(15)7-12-14-11/h2-6H,1,7H2. The van der Waals surface area contributed by atoms with Crippen LogP contribution in [0.15, 0.2) is 41.4 Å². The van der Waals surface area contributed by atoms with Crippen LogP contribution in [0.4, 0.5) is 0 Å². The molecule has 0 amide bonds. The lowest BCUT2D eigenvalue weighted by Gasteiger charge is -2.04. The van der Waals surface area contributed by atoms with Crippen LogP contribution in [0, 0.1) is 0 Å². The molecule has 1 heterocycles. The summed E-state index contributed by atoms with van der Waals surface area (Å²) in [7, 11) is -3.71. The first kappa shape index (κ1) is 12.2. The first-order chi connectivity index (χ1) is 8.60. The van der Waals surface area contributed by atoms with E-state index >= 15 is 0 Å². The Kier molecular flexibility index (Phi) is 3.05. The second-order valence-corrected chi connectivity index (χ2v) is 5.11. The van der Waals surface area contributed by atoms with Crippen LogP contribution in [0.3, 0.4) is 0 Å².